The molecule has 0 aliphatic carbocycles. The number of aryl methyl sites for hydroxylation is 1. The molecule has 0 saturated carbocycles. The van der Waals surface area contributed by atoms with Gasteiger partial charge in [-0.1, -0.05) is 13.8 Å². The largest absolute Gasteiger partial charge is 0.396 e. The summed E-state index contributed by atoms with van der Waals surface area (Å²) in [5, 5.41) is 4.29. The Balaban J connectivity index is 2.49. The van der Waals surface area contributed by atoms with Crippen molar-refractivity contribution in [3.05, 3.63) is 29.8 Å². The predicted octanol–water partition coefficient (Wildman–Crippen LogP) is 2.33. The summed E-state index contributed by atoms with van der Waals surface area (Å²) in [6.45, 7) is 4.03. The van der Waals surface area contributed by atoms with E-state index in [1.54, 1.807) is 17.8 Å². The van der Waals surface area contributed by atoms with Crippen molar-refractivity contribution in [2.45, 2.75) is 19.8 Å². The molecular weight excluding hydrogens is 219 g/mol. The fourth-order valence-electron chi connectivity index (χ4n) is 1.57. The highest BCUT2D eigenvalue weighted by Gasteiger charge is 2.13. The summed E-state index contributed by atoms with van der Waals surface area (Å²) in [4.78, 5) is 4.39. The summed E-state index contributed by atoms with van der Waals surface area (Å²) >= 11 is 0. The van der Waals surface area contributed by atoms with Gasteiger partial charge in [0, 0.05) is 18.5 Å². The first kappa shape index (κ1) is 11.6. The summed E-state index contributed by atoms with van der Waals surface area (Å²) in [6, 6.07) is 4.66. The molecule has 1 aromatic carbocycles. The van der Waals surface area contributed by atoms with Gasteiger partial charge in [-0.2, -0.15) is 5.10 Å². The maximum Gasteiger partial charge on any atom is 0.158 e. The number of nitrogens with zero attached hydrogens (tertiary/aromatic N) is 3. The molecule has 0 radical (unpaired) electrons. The van der Waals surface area contributed by atoms with E-state index in [1.807, 2.05) is 13.8 Å². The molecule has 0 spiro atoms. The van der Waals surface area contributed by atoms with Crippen LogP contribution in [-0.2, 0) is 7.05 Å². The highest BCUT2D eigenvalue weighted by Crippen LogP contribution is 2.22. The van der Waals surface area contributed by atoms with Crippen LogP contribution >= 0.6 is 0 Å². The van der Waals surface area contributed by atoms with E-state index in [4.69, 9.17) is 5.73 Å². The van der Waals surface area contributed by atoms with Gasteiger partial charge in [-0.05, 0) is 18.2 Å². The van der Waals surface area contributed by atoms with E-state index in [0.717, 1.165) is 5.82 Å². The average molecular weight is 234 g/mol. The Morgan fingerprint density at radius 2 is 2.06 bits per heavy atom. The van der Waals surface area contributed by atoms with Crippen LogP contribution in [-0.4, -0.2) is 14.8 Å². The van der Waals surface area contributed by atoms with Crippen LogP contribution in [0.5, 0.6) is 0 Å². The molecule has 0 aliphatic rings. The van der Waals surface area contributed by atoms with Gasteiger partial charge in [0.1, 0.15) is 5.82 Å². The van der Waals surface area contributed by atoms with Crippen LogP contribution in [0, 0.1) is 5.82 Å². The molecule has 1 aromatic heterocycles. The highest BCUT2D eigenvalue weighted by atomic mass is 19.1. The average Bonchev–Trinajstić information content (AvgIpc) is 2.65. The Morgan fingerprint density at radius 1 is 1.35 bits per heavy atom. The number of hydrogen-bond acceptors (Lipinski definition) is 3. The maximum absolute atomic E-state index is 13.4. The van der Waals surface area contributed by atoms with Crippen LogP contribution in [0.15, 0.2) is 18.2 Å². The van der Waals surface area contributed by atoms with Crippen LogP contribution in [0.25, 0.3) is 11.4 Å². The van der Waals surface area contributed by atoms with Gasteiger partial charge in [0.15, 0.2) is 11.6 Å². The van der Waals surface area contributed by atoms with Gasteiger partial charge in [0.25, 0.3) is 0 Å². The third kappa shape index (κ3) is 2.13. The van der Waals surface area contributed by atoms with Gasteiger partial charge < -0.3 is 5.73 Å². The van der Waals surface area contributed by atoms with Crippen molar-refractivity contribution in [2.24, 2.45) is 7.05 Å². The fraction of sp³-hybridized carbons (Fsp3) is 0.333. The Morgan fingerprint density at radius 3 is 2.59 bits per heavy atom. The smallest absolute Gasteiger partial charge is 0.158 e. The van der Waals surface area contributed by atoms with E-state index in [9.17, 15) is 4.39 Å². The van der Waals surface area contributed by atoms with E-state index in [-0.39, 0.29) is 11.6 Å². The first-order chi connectivity index (χ1) is 7.99. The molecular formula is C12H15FN4. The molecule has 17 heavy (non-hydrogen) atoms. The van der Waals surface area contributed by atoms with Crippen LogP contribution in [0.3, 0.4) is 0 Å². The first-order valence-corrected chi connectivity index (χ1v) is 5.45. The molecule has 0 aliphatic heterocycles. The molecule has 1 heterocycles. The Bertz CT molecular complexity index is 545. The van der Waals surface area contributed by atoms with E-state index in [2.05, 4.69) is 10.1 Å². The lowest BCUT2D eigenvalue weighted by molar-refractivity contribution is 0.632. The van der Waals surface area contributed by atoms with Gasteiger partial charge in [-0.15, -0.1) is 0 Å². The molecule has 0 unspecified atom stereocenters. The molecule has 5 heteroatoms. The number of hydrogen-bond donors (Lipinski definition) is 1. The predicted molar refractivity (Wildman–Crippen MR) is 64.9 cm³/mol. The zero-order valence-electron chi connectivity index (χ0n) is 10.1. The second kappa shape index (κ2) is 4.16. The quantitative estimate of drug-likeness (QED) is 0.811. The first-order valence-electron chi connectivity index (χ1n) is 5.45. The molecule has 4 nitrogen and oxygen atoms in total. The van der Waals surface area contributed by atoms with Gasteiger partial charge in [0.2, 0.25) is 0 Å². The van der Waals surface area contributed by atoms with Gasteiger partial charge in [0.05, 0.1) is 5.69 Å². The zero-order valence-corrected chi connectivity index (χ0v) is 10.1. The van der Waals surface area contributed by atoms with E-state index >= 15 is 0 Å². The molecule has 90 valence electrons. The van der Waals surface area contributed by atoms with Gasteiger partial charge in [-0.25, -0.2) is 14.1 Å². The SMILES string of the molecule is CC(C)c1nc(-c2ccc(N)c(F)c2)n(C)n1. The van der Waals surface area contributed by atoms with E-state index in [1.165, 1.54) is 12.1 Å². The Kier molecular flexibility index (Phi) is 2.83. The third-order valence-corrected chi connectivity index (χ3v) is 2.55. The number of rotatable bonds is 2. The fourth-order valence-corrected chi connectivity index (χ4v) is 1.57. The Labute approximate surface area is 99.3 Å². The van der Waals surface area contributed by atoms with E-state index in [0.29, 0.717) is 11.4 Å². The van der Waals surface area contributed by atoms with Crippen molar-refractivity contribution in [3.63, 3.8) is 0 Å². The summed E-state index contributed by atoms with van der Waals surface area (Å²) in [6.07, 6.45) is 0. The summed E-state index contributed by atoms with van der Waals surface area (Å²) in [5.74, 6) is 1.21. The number of anilines is 1. The number of halogens is 1. The van der Waals surface area contributed by atoms with E-state index < -0.39 is 5.82 Å². The normalized spacial score (nSPS) is 11.1. The molecule has 2 aromatic rings. The Hall–Kier alpha value is -1.91. The molecule has 0 atom stereocenters. The molecule has 0 fully saturated rings. The summed E-state index contributed by atoms with van der Waals surface area (Å²) in [5.41, 5.74) is 6.26. The van der Waals surface area contributed by atoms with Crippen LogP contribution in [0.4, 0.5) is 10.1 Å². The van der Waals surface area contributed by atoms with Crippen molar-refractivity contribution in [3.8, 4) is 11.4 Å². The number of aromatic nitrogens is 3. The number of benzene rings is 1. The topological polar surface area (TPSA) is 56.7 Å². The zero-order chi connectivity index (χ0) is 12.6. The second-order valence-corrected chi connectivity index (χ2v) is 4.31. The van der Waals surface area contributed by atoms with Crippen LogP contribution < -0.4 is 5.73 Å². The third-order valence-electron chi connectivity index (χ3n) is 2.55. The van der Waals surface area contributed by atoms with Crippen LogP contribution in [0.2, 0.25) is 0 Å². The number of nitrogen functional groups attached to an aromatic ring is 1. The molecule has 2 N–H and O–H groups in total. The lowest BCUT2D eigenvalue weighted by atomic mass is 10.2. The van der Waals surface area contributed by atoms with Gasteiger partial charge >= 0.3 is 0 Å². The van der Waals surface area contributed by atoms with Crippen LogP contribution in [0.1, 0.15) is 25.6 Å². The minimum absolute atomic E-state index is 0.139. The molecule has 2 rings (SSSR count). The molecule has 0 amide bonds. The van der Waals surface area contributed by atoms with Crippen molar-refractivity contribution >= 4 is 5.69 Å². The van der Waals surface area contributed by atoms with Crippen molar-refractivity contribution < 1.29 is 4.39 Å². The molecule has 0 saturated heterocycles. The minimum atomic E-state index is -0.434. The summed E-state index contributed by atoms with van der Waals surface area (Å²) < 4.78 is 15.0. The van der Waals surface area contributed by atoms with Crippen molar-refractivity contribution in [1.82, 2.24) is 14.8 Å². The van der Waals surface area contributed by atoms with Crippen molar-refractivity contribution in [1.29, 1.82) is 0 Å². The van der Waals surface area contributed by atoms with Gasteiger partial charge in [-0.3, -0.25) is 0 Å². The second-order valence-electron chi connectivity index (χ2n) is 4.31. The standard InChI is InChI=1S/C12H15FN4/c1-7(2)11-15-12(17(3)16-11)8-4-5-10(14)9(13)6-8/h4-7H,14H2,1-3H3. The lowest BCUT2D eigenvalue weighted by Gasteiger charge is -2.01. The molecule has 0 bridgehead atoms. The highest BCUT2D eigenvalue weighted by molar-refractivity contribution is 5.59. The van der Waals surface area contributed by atoms with Crippen molar-refractivity contribution in [2.75, 3.05) is 5.73 Å². The lowest BCUT2D eigenvalue weighted by Crippen LogP contribution is -1.97. The minimum Gasteiger partial charge on any atom is -0.396 e. The monoisotopic (exact) mass is 234 g/mol. The number of nitrogens with two attached hydrogens (primary N) is 1. The maximum atomic E-state index is 13.4. The summed E-state index contributed by atoms with van der Waals surface area (Å²) in [7, 11) is 1.79.